The number of rotatable bonds is 9. The van der Waals surface area contributed by atoms with Gasteiger partial charge in [0.05, 0.1) is 13.2 Å². The highest BCUT2D eigenvalue weighted by Gasteiger charge is 2.38. The number of ether oxygens (including phenoxy) is 1. The number of hydrogen-bond donors (Lipinski definition) is 2. The first-order valence-electron chi connectivity index (χ1n) is 10.0. The van der Waals surface area contributed by atoms with Gasteiger partial charge in [0.2, 0.25) is 5.91 Å². The first-order valence-corrected chi connectivity index (χ1v) is 12.1. The van der Waals surface area contributed by atoms with E-state index in [-0.39, 0.29) is 23.6 Å². The zero-order valence-electron chi connectivity index (χ0n) is 17.5. The van der Waals surface area contributed by atoms with E-state index in [9.17, 15) is 14.4 Å². The largest absolute Gasteiger partial charge is 0.467 e. The van der Waals surface area contributed by atoms with Gasteiger partial charge in [0.25, 0.3) is 5.91 Å². The third-order valence-electron chi connectivity index (χ3n) is 5.34. The van der Waals surface area contributed by atoms with Crippen LogP contribution in [0.25, 0.3) is 0 Å². The Morgan fingerprint density at radius 3 is 2.43 bits per heavy atom. The van der Waals surface area contributed by atoms with Crippen molar-refractivity contribution in [3.05, 3.63) is 35.9 Å². The van der Waals surface area contributed by atoms with Crippen LogP contribution in [-0.2, 0) is 14.3 Å². The van der Waals surface area contributed by atoms with Crippen molar-refractivity contribution in [3.63, 3.8) is 0 Å². The summed E-state index contributed by atoms with van der Waals surface area (Å²) in [7, 11) is 1.35. The molecule has 1 heterocycles. The highest BCUT2D eigenvalue weighted by atomic mass is 32.2. The maximum absolute atomic E-state index is 13.4. The van der Waals surface area contributed by atoms with Crippen molar-refractivity contribution in [2.75, 3.05) is 38.0 Å². The van der Waals surface area contributed by atoms with Crippen LogP contribution >= 0.6 is 24.4 Å². The molecule has 9 heteroatoms. The van der Waals surface area contributed by atoms with Crippen LogP contribution in [0.3, 0.4) is 0 Å². The molecule has 2 N–H and O–H groups in total. The molecule has 1 fully saturated rings. The van der Waals surface area contributed by atoms with Crippen molar-refractivity contribution in [3.8, 4) is 0 Å². The summed E-state index contributed by atoms with van der Waals surface area (Å²) in [5.41, 5.74) is 6.36. The summed E-state index contributed by atoms with van der Waals surface area (Å²) in [5, 5.41) is 0. The summed E-state index contributed by atoms with van der Waals surface area (Å²) in [5.74, 6) is 0.285. The minimum Gasteiger partial charge on any atom is -0.467 e. The molecule has 30 heavy (non-hydrogen) atoms. The van der Waals surface area contributed by atoms with Gasteiger partial charge in [-0.3, -0.25) is 9.59 Å². The molecule has 0 unspecified atom stereocenters. The predicted molar refractivity (Wildman–Crippen MR) is 123 cm³/mol. The molecule has 0 radical (unpaired) electrons. The lowest BCUT2D eigenvalue weighted by atomic mass is 9.98. The second-order valence-corrected chi connectivity index (χ2v) is 8.60. The van der Waals surface area contributed by atoms with Crippen molar-refractivity contribution >= 4 is 42.2 Å². The number of nitrogens with two attached hydrogens (primary N) is 1. The van der Waals surface area contributed by atoms with Crippen LogP contribution in [0.4, 0.5) is 0 Å². The maximum Gasteiger partial charge on any atom is 0.328 e. The third-order valence-corrected chi connectivity index (χ3v) is 6.38. The quantitative estimate of drug-likeness (QED) is 0.437. The topological polar surface area (TPSA) is 92.9 Å². The number of methoxy groups -OCH3 is 1. The van der Waals surface area contributed by atoms with E-state index in [0.717, 1.165) is 5.75 Å². The normalized spacial score (nSPS) is 16.6. The number of carbonyl (C=O) groups excluding carboxylic acids is 3. The Morgan fingerprint density at radius 1 is 1.27 bits per heavy atom. The zero-order chi connectivity index (χ0) is 22.1. The number of esters is 1. The molecule has 1 saturated heterocycles. The molecular formula is C21H31N3O4S2. The SMILES string of the molecule is COC(=O)[C@H](CCSC)N(C(=O)c1ccccc1)C1CCN(C(=O)[C@H](N)CS)CC1. The number of benzene rings is 1. The van der Waals surface area contributed by atoms with E-state index in [0.29, 0.717) is 37.9 Å². The molecule has 1 aromatic rings. The molecule has 1 aliphatic heterocycles. The number of carbonyl (C=O) groups is 3. The first kappa shape index (κ1) is 24.6. The average molecular weight is 454 g/mol. The zero-order valence-corrected chi connectivity index (χ0v) is 19.2. The molecule has 0 spiro atoms. The lowest BCUT2D eigenvalue weighted by Crippen LogP contribution is -2.56. The van der Waals surface area contributed by atoms with E-state index < -0.39 is 18.1 Å². The van der Waals surface area contributed by atoms with Crippen molar-refractivity contribution in [2.24, 2.45) is 5.73 Å². The highest BCUT2D eigenvalue weighted by molar-refractivity contribution is 7.98. The molecule has 0 aliphatic carbocycles. The summed E-state index contributed by atoms with van der Waals surface area (Å²) < 4.78 is 5.04. The number of hydrogen-bond acceptors (Lipinski definition) is 7. The fraction of sp³-hybridized carbons (Fsp3) is 0.571. The van der Waals surface area contributed by atoms with Crippen molar-refractivity contribution in [1.82, 2.24) is 9.80 Å². The summed E-state index contributed by atoms with van der Waals surface area (Å²) in [6, 6.07) is 7.51. The van der Waals surface area contributed by atoms with Crippen LogP contribution in [0.1, 0.15) is 29.6 Å². The molecule has 2 atom stereocenters. The smallest absolute Gasteiger partial charge is 0.328 e. The van der Waals surface area contributed by atoms with Gasteiger partial charge in [0, 0.05) is 30.4 Å². The Morgan fingerprint density at radius 2 is 1.90 bits per heavy atom. The average Bonchev–Trinajstić information content (AvgIpc) is 2.80. The summed E-state index contributed by atoms with van der Waals surface area (Å²) in [4.78, 5) is 41.8. The highest BCUT2D eigenvalue weighted by Crippen LogP contribution is 2.25. The van der Waals surface area contributed by atoms with Gasteiger partial charge in [-0.05, 0) is 43.4 Å². The van der Waals surface area contributed by atoms with Crippen LogP contribution in [0.5, 0.6) is 0 Å². The van der Waals surface area contributed by atoms with E-state index in [2.05, 4.69) is 12.6 Å². The first-order chi connectivity index (χ1) is 14.4. The van der Waals surface area contributed by atoms with Gasteiger partial charge in [-0.25, -0.2) is 4.79 Å². The van der Waals surface area contributed by atoms with Crippen molar-refractivity contribution in [2.45, 2.75) is 37.4 Å². The number of piperidine rings is 1. The summed E-state index contributed by atoms with van der Waals surface area (Å²) >= 11 is 5.73. The van der Waals surface area contributed by atoms with Crippen molar-refractivity contribution < 1.29 is 19.1 Å². The number of thioether (sulfide) groups is 1. The monoisotopic (exact) mass is 453 g/mol. The molecular weight excluding hydrogens is 422 g/mol. The van der Waals surface area contributed by atoms with Gasteiger partial charge in [-0.2, -0.15) is 24.4 Å². The lowest BCUT2D eigenvalue weighted by molar-refractivity contribution is -0.147. The minimum absolute atomic E-state index is 0.128. The van der Waals surface area contributed by atoms with E-state index in [1.807, 2.05) is 12.3 Å². The van der Waals surface area contributed by atoms with Crippen molar-refractivity contribution in [1.29, 1.82) is 0 Å². The van der Waals surface area contributed by atoms with Crippen LogP contribution < -0.4 is 5.73 Å². The second-order valence-electron chi connectivity index (χ2n) is 7.24. The standard InChI is InChI=1S/C21H31N3O4S2/c1-28-21(27)18(10-13-30-2)24(19(25)15-6-4-3-5-7-15)16-8-11-23(12-9-16)20(26)17(22)14-29/h3-7,16-18,29H,8-14,22H2,1-2H3/t17-,18+/m1/s1. The Labute approximate surface area is 188 Å². The van der Waals surface area contributed by atoms with Gasteiger partial charge in [-0.15, -0.1) is 0 Å². The van der Waals surface area contributed by atoms with E-state index in [1.165, 1.54) is 7.11 Å². The van der Waals surface area contributed by atoms with Gasteiger partial charge in [-0.1, -0.05) is 18.2 Å². The van der Waals surface area contributed by atoms with Crippen LogP contribution in [-0.4, -0.2) is 83.7 Å². The van der Waals surface area contributed by atoms with E-state index >= 15 is 0 Å². The predicted octanol–water partition coefficient (Wildman–Crippen LogP) is 1.67. The Bertz CT molecular complexity index is 711. The number of amides is 2. The summed E-state index contributed by atoms with van der Waals surface area (Å²) in [6.07, 6.45) is 3.63. The summed E-state index contributed by atoms with van der Waals surface area (Å²) in [6.45, 7) is 0.972. The van der Waals surface area contributed by atoms with Gasteiger partial charge >= 0.3 is 5.97 Å². The van der Waals surface area contributed by atoms with Gasteiger partial charge < -0.3 is 20.3 Å². The molecule has 0 bridgehead atoms. The number of nitrogens with zero attached hydrogens (tertiary/aromatic N) is 2. The lowest BCUT2D eigenvalue weighted by Gasteiger charge is -2.42. The molecule has 0 saturated carbocycles. The van der Waals surface area contributed by atoms with Crippen LogP contribution in [0, 0.1) is 0 Å². The molecule has 2 rings (SSSR count). The van der Waals surface area contributed by atoms with Gasteiger partial charge in [0.15, 0.2) is 0 Å². The molecule has 1 aromatic carbocycles. The number of thiol groups is 1. The van der Waals surface area contributed by atoms with Crippen LogP contribution in [0.15, 0.2) is 30.3 Å². The molecule has 1 aliphatic rings. The Kier molecular flexibility index (Phi) is 10.0. The Balaban J connectivity index is 2.26. The fourth-order valence-electron chi connectivity index (χ4n) is 3.70. The molecule has 7 nitrogen and oxygen atoms in total. The van der Waals surface area contributed by atoms with E-state index in [1.54, 1.807) is 45.8 Å². The third kappa shape index (κ3) is 6.15. The second kappa shape index (κ2) is 12.2. The molecule has 2 amide bonds. The Hall–Kier alpha value is -1.71. The van der Waals surface area contributed by atoms with Crippen LogP contribution in [0.2, 0.25) is 0 Å². The maximum atomic E-state index is 13.4. The molecule has 166 valence electrons. The minimum atomic E-state index is -0.665. The number of likely N-dealkylation sites (tertiary alicyclic amines) is 1. The molecule has 0 aromatic heterocycles. The fourth-order valence-corrected chi connectivity index (χ4v) is 4.32. The van der Waals surface area contributed by atoms with Gasteiger partial charge in [0.1, 0.15) is 6.04 Å². The van der Waals surface area contributed by atoms with E-state index in [4.69, 9.17) is 10.5 Å².